The first-order chi connectivity index (χ1) is 11.6. The van der Waals surface area contributed by atoms with Gasteiger partial charge in [-0.3, -0.25) is 0 Å². The van der Waals surface area contributed by atoms with Crippen LogP contribution in [0.25, 0.3) is 0 Å². The molecular weight excluding hydrogens is 397 g/mol. The van der Waals surface area contributed by atoms with Crippen molar-refractivity contribution in [3.8, 4) is 30.3 Å². The molecule has 0 N–H and O–H groups in total. The van der Waals surface area contributed by atoms with Crippen LogP contribution in [0.5, 0.6) is 0 Å². The minimum Gasteiger partial charge on any atom is -1.00 e. The molecule has 1 aromatic rings. The Morgan fingerprint density at radius 2 is 1.08 bits per heavy atom. The Kier molecular flexibility index (Phi) is 10.9. The number of halogens is 1. The Bertz CT molecular complexity index is 708. The van der Waals surface area contributed by atoms with Crippen molar-refractivity contribution in [3.63, 3.8) is 0 Å². The van der Waals surface area contributed by atoms with E-state index in [9.17, 15) is 0 Å². The van der Waals surface area contributed by atoms with Gasteiger partial charge in [0.05, 0.1) is 85.4 Å². The molecule has 0 aliphatic rings. The molecule has 126 valence electrons. The standard InChI is InChI=1S/C18H17N5P.BrH/c19-4-1-7-24(8-2-5-20,9-3-6-21)15-18-11-16(13-22)10-17(12-18)14-23;/h10-12H,1-3,7-9,15H2;1H/q+1;/p-1. The van der Waals surface area contributed by atoms with Crippen molar-refractivity contribution >= 4 is 7.26 Å². The fourth-order valence-electron chi connectivity index (χ4n) is 2.73. The molecule has 1 rings (SSSR count). The third-order valence-electron chi connectivity index (χ3n) is 3.86. The lowest BCUT2D eigenvalue weighted by Gasteiger charge is -2.25. The van der Waals surface area contributed by atoms with Crippen molar-refractivity contribution in [1.82, 2.24) is 0 Å². The average Bonchev–Trinajstić information content (AvgIpc) is 2.62. The second-order valence-corrected chi connectivity index (χ2v) is 9.88. The van der Waals surface area contributed by atoms with Crippen molar-refractivity contribution in [2.75, 3.05) is 18.5 Å². The number of hydrogen-bond acceptors (Lipinski definition) is 5. The molecule has 1 aromatic carbocycles. The van der Waals surface area contributed by atoms with E-state index in [1.165, 1.54) is 0 Å². The van der Waals surface area contributed by atoms with Crippen LogP contribution in [-0.4, -0.2) is 18.5 Å². The van der Waals surface area contributed by atoms with Crippen LogP contribution in [0.15, 0.2) is 18.2 Å². The van der Waals surface area contributed by atoms with E-state index in [-0.39, 0.29) is 17.0 Å². The first kappa shape index (κ1) is 22.6. The van der Waals surface area contributed by atoms with Crippen LogP contribution in [0.1, 0.15) is 36.0 Å². The predicted octanol–water partition coefficient (Wildman–Crippen LogP) is 0.693. The first-order valence-electron chi connectivity index (χ1n) is 7.53. The van der Waals surface area contributed by atoms with Crippen LogP contribution >= 0.6 is 7.26 Å². The lowest BCUT2D eigenvalue weighted by molar-refractivity contribution is -0.00000628. The molecule has 0 radical (unpaired) electrons. The minimum atomic E-state index is -1.71. The highest BCUT2D eigenvalue weighted by atomic mass is 79.9. The van der Waals surface area contributed by atoms with E-state index in [2.05, 4.69) is 30.3 Å². The lowest BCUT2D eigenvalue weighted by atomic mass is 10.1. The SMILES string of the molecule is N#CCC[P+](CCC#N)(CCC#N)Cc1cc(C#N)cc(C#N)c1.[Br-]. The molecule has 0 saturated heterocycles. The Morgan fingerprint density at radius 1 is 0.680 bits per heavy atom. The molecule has 0 heterocycles. The van der Waals surface area contributed by atoms with Crippen LogP contribution in [-0.2, 0) is 6.16 Å². The van der Waals surface area contributed by atoms with E-state index < -0.39 is 7.26 Å². The van der Waals surface area contributed by atoms with Gasteiger partial charge in [0.1, 0.15) is 0 Å². The Labute approximate surface area is 159 Å². The fourth-order valence-corrected chi connectivity index (χ4v) is 6.56. The second-order valence-electron chi connectivity index (χ2n) is 5.54. The fraction of sp³-hybridized carbons (Fsp3) is 0.389. The maximum Gasteiger partial charge on any atom is 0.0992 e. The summed E-state index contributed by atoms with van der Waals surface area (Å²) >= 11 is 0. The number of hydrogen-bond donors (Lipinski definition) is 0. The van der Waals surface area contributed by atoms with Gasteiger partial charge in [0.15, 0.2) is 0 Å². The zero-order valence-corrected chi connectivity index (χ0v) is 16.2. The summed E-state index contributed by atoms with van der Waals surface area (Å²) in [5.41, 5.74) is 1.75. The zero-order chi connectivity index (χ0) is 17.8. The van der Waals surface area contributed by atoms with Crippen molar-refractivity contribution in [2.24, 2.45) is 0 Å². The number of nitrogens with zero attached hydrogens (tertiary/aromatic N) is 5. The lowest BCUT2D eigenvalue weighted by Crippen LogP contribution is -3.00. The molecule has 0 aliphatic heterocycles. The zero-order valence-electron chi connectivity index (χ0n) is 13.7. The first-order valence-corrected chi connectivity index (χ1v) is 10.1. The van der Waals surface area contributed by atoms with E-state index in [4.69, 9.17) is 26.3 Å². The van der Waals surface area contributed by atoms with Gasteiger partial charge >= 0.3 is 0 Å². The molecule has 0 aliphatic carbocycles. The normalized spacial score (nSPS) is 9.40. The third-order valence-corrected chi connectivity index (χ3v) is 8.42. The Hall–Kier alpha value is -2.42. The quantitative estimate of drug-likeness (QED) is 0.580. The van der Waals surface area contributed by atoms with Crippen molar-refractivity contribution < 1.29 is 17.0 Å². The van der Waals surface area contributed by atoms with Gasteiger partial charge in [0, 0.05) is 7.26 Å². The third kappa shape index (κ3) is 7.34. The molecule has 0 fully saturated rings. The van der Waals surface area contributed by atoms with Gasteiger partial charge in [0.25, 0.3) is 0 Å². The smallest absolute Gasteiger partial charge is 0.0992 e. The van der Waals surface area contributed by atoms with Gasteiger partial charge < -0.3 is 17.0 Å². The summed E-state index contributed by atoms with van der Waals surface area (Å²) in [4.78, 5) is 0. The Morgan fingerprint density at radius 3 is 1.40 bits per heavy atom. The molecule has 5 nitrogen and oxygen atoms in total. The molecule has 0 atom stereocenters. The molecule has 0 bridgehead atoms. The summed E-state index contributed by atoms with van der Waals surface area (Å²) < 4.78 is 0. The predicted molar refractivity (Wildman–Crippen MR) is 91.8 cm³/mol. The number of nitriles is 5. The maximum atomic E-state index is 9.13. The van der Waals surface area contributed by atoms with Gasteiger partial charge in [-0.1, -0.05) is 0 Å². The molecule has 0 spiro atoms. The van der Waals surface area contributed by atoms with E-state index in [1.807, 2.05) is 0 Å². The number of rotatable bonds is 8. The maximum absolute atomic E-state index is 9.13. The van der Waals surface area contributed by atoms with Gasteiger partial charge in [-0.2, -0.15) is 26.3 Å². The molecular formula is C18H17BrN5P. The molecule has 0 saturated carbocycles. The summed E-state index contributed by atoms with van der Waals surface area (Å²) in [5.74, 6) is 0. The highest BCUT2D eigenvalue weighted by molar-refractivity contribution is 7.75. The highest BCUT2D eigenvalue weighted by Gasteiger charge is 2.36. The van der Waals surface area contributed by atoms with Crippen molar-refractivity contribution in [3.05, 3.63) is 34.9 Å². The monoisotopic (exact) mass is 413 g/mol. The van der Waals surface area contributed by atoms with Crippen molar-refractivity contribution in [2.45, 2.75) is 25.4 Å². The second kappa shape index (κ2) is 12.0. The van der Waals surface area contributed by atoms with Crippen LogP contribution in [0, 0.1) is 56.7 Å². The highest BCUT2D eigenvalue weighted by Crippen LogP contribution is 2.62. The topological polar surface area (TPSA) is 119 Å². The molecule has 0 aromatic heterocycles. The van der Waals surface area contributed by atoms with Gasteiger partial charge in [-0.05, 0) is 23.8 Å². The summed E-state index contributed by atoms with van der Waals surface area (Å²) in [5, 5.41) is 45.1. The van der Waals surface area contributed by atoms with Gasteiger partial charge in [-0.25, -0.2) is 0 Å². The van der Waals surface area contributed by atoms with Crippen LogP contribution < -0.4 is 17.0 Å². The van der Waals surface area contributed by atoms with Crippen LogP contribution in [0.2, 0.25) is 0 Å². The van der Waals surface area contributed by atoms with E-state index in [1.54, 1.807) is 18.2 Å². The van der Waals surface area contributed by atoms with Crippen LogP contribution in [0.4, 0.5) is 0 Å². The summed E-state index contributed by atoms with van der Waals surface area (Å²) in [6, 6.07) is 15.7. The van der Waals surface area contributed by atoms with E-state index in [0.717, 1.165) is 5.56 Å². The van der Waals surface area contributed by atoms with E-state index in [0.29, 0.717) is 55.0 Å². The van der Waals surface area contributed by atoms with Crippen molar-refractivity contribution in [1.29, 1.82) is 26.3 Å². The Balaban J connectivity index is 0.00000576. The van der Waals surface area contributed by atoms with E-state index >= 15 is 0 Å². The van der Waals surface area contributed by atoms with Gasteiger partial charge in [0.2, 0.25) is 0 Å². The molecule has 0 unspecified atom stereocenters. The molecule has 0 amide bonds. The van der Waals surface area contributed by atoms with Crippen LogP contribution in [0.3, 0.4) is 0 Å². The average molecular weight is 414 g/mol. The number of benzene rings is 1. The van der Waals surface area contributed by atoms with Gasteiger partial charge in [-0.15, -0.1) is 0 Å². The molecule has 25 heavy (non-hydrogen) atoms. The minimum absolute atomic E-state index is 0. The largest absolute Gasteiger partial charge is 1.00 e. The molecule has 7 heteroatoms. The summed E-state index contributed by atoms with van der Waals surface area (Å²) in [7, 11) is -1.71. The summed E-state index contributed by atoms with van der Waals surface area (Å²) in [6.45, 7) is 0. The summed E-state index contributed by atoms with van der Waals surface area (Å²) in [6.07, 6.45) is 3.94.